The summed E-state index contributed by atoms with van der Waals surface area (Å²) >= 11 is 0. The maximum atomic E-state index is 16.2. The molecule has 436 valence electrons. The van der Waals surface area contributed by atoms with Gasteiger partial charge < -0.3 is 36.6 Å². The van der Waals surface area contributed by atoms with Crippen LogP contribution in [0.5, 0.6) is 0 Å². The van der Waals surface area contributed by atoms with E-state index in [0.29, 0.717) is 5.56 Å². The molecule has 0 radical (unpaired) electrons. The van der Waals surface area contributed by atoms with Crippen molar-refractivity contribution >= 4 is 75.4 Å². The van der Waals surface area contributed by atoms with Crippen LogP contribution < -0.4 is 10.9 Å². The average molecular weight is 1200 g/mol. The smallest absolute Gasteiger partial charge is 0.414 e. The first-order valence-electron chi connectivity index (χ1n) is 27.0. The molecule has 2 saturated heterocycles. The van der Waals surface area contributed by atoms with Crippen molar-refractivity contribution in [1.82, 2.24) is 33.6 Å². The Kier molecular flexibility index (Phi) is 18.6. The van der Waals surface area contributed by atoms with Crippen molar-refractivity contribution < 1.29 is 63.4 Å². The van der Waals surface area contributed by atoms with Crippen molar-refractivity contribution in [2.75, 3.05) is 25.1 Å². The topological polar surface area (TPSA) is 274 Å². The van der Waals surface area contributed by atoms with Gasteiger partial charge in [-0.15, -0.1) is 9.42 Å². The van der Waals surface area contributed by atoms with Crippen molar-refractivity contribution in [3.05, 3.63) is 77.2 Å². The highest BCUT2D eigenvalue weighted by Gasteiger charge is 2.63. The largest absolute Gasteiger partial charge is 0.695 e. The first-order chi connectivity index (χ1) is 37.6. The van der Waals surface area contributed by atoms with E-state index in [1.807, 2.05) is 39.9 Å². The molecule has 2 aliphatic heterocycles. The highest BCUT2D eigenvalue weighted by atomic mass is 31.2. The van der Waals surface area contributed by atoms with Crippen molar-refractivity contribution in [2.45, 2.75) is 172 Å². The number of nitrogens with one attached hydrogen (secondary N) is 1. The van der Waals surface area contributed by atoms with Crippen LogP contribution in [-0.4, -0.2) is 120 Å². The second kappa shape index (κ2) is 24.1. The monoisotopic (exact) mass is 1200 g/mol. The second-order valence-corrected chi connectivity index (χ2v) is 39.4. The highest BCUT2D eigenvalue weighted by Crippen LogP contribution is 2.59. The van der Waals surface area contributed by atoms with Gasteiger partial charge in [-0.2, -0.15) is 5.26 Å². The fraction of sp³-hybridized carbons (Fsp3) is 0.627. The average Bonchev–Trinajstić information content (AvgIpc) is 4.34. The number of aryl methyl sites for hydroxylation is 1. The lowest BCUT2D eigenvalue weighted by atomic mass is 10.1. The molecule has 10 atom stereocenters. The maximum absolute atomic E-state index is 16.2. The van der Waals surface area contributed by atoms with E-state index in [1.165, 1.54) is 45.9 Å². The normalized spacial score (nSPS) is 25.3. The lowest BCUT2D eigenvalue weighted by Crippen LogP contribution is -2.65. The third kappa shape index (κ3) is 12.0. The highest BCUT2D eigenvalue weighted by molar-refractivity contribution is 7.48. The van der Waals surface area contributed by atoms with E-state index in [-0.39, 0.29) is 69.6 Å². The van der Waals surface area contributed by atoms with E-state index < -0.39 is 126 Å². The minimum absolute atomic E-state index is 0.00762. The zero-order chi connectivity index (χ0) is 58.4. The van der Waals surface area contributed by atoms with Crippen LogP contribution in [0, 0.1) is 23.1 Å². The summed E-state index contributed by atoms with van der Waals surface area (Å²) < 4.78 is 110. The van der Waals surface area contributed by atoms with Gasteiger partial charge in [-0.1, -0.05) is 94.4 Å². The Balaban J connectivity index is 1.21. The quantitative estimate of drug-likeness (QED) is 0.0416. The van der Waals surface area contributed by atoms with Crippen molar-refractivity contribution in [2.24, 2.45) is 13.0 Å². The van der Waals surface area contributed by atoms with Gasteiger partial charge in [-0.3, -0.25) is 27.7 Å². The SMILES string of the molecule is CC(C)[Si]1(C(C)C)OC[C@H]2C[C@@H](n3cc(F)c4c(=O)n(C)cnc43)[C@H](OP(=O)(OCCC#N)OC[C@H]3O[C@@H](n4cnc5c(NC(=O)c6ccccc6)ncnc54)[C@H](O[Si](C)(C)C(C)(C)C)[C@@H]3O[P+](=O)O)[C@@H]2O[Si](C(C)C)(C(C)C)O1. The van der Waals surface area contributed by atoms with Crippen LogP contribution in [0.2, 0.25) is 40.3 Å². The molecule has 80 heavy (non-hydrogen) atoms. The molecule has 4 aromatic heterocycles. The molecular weight excluding hydrogens is 1130 g/mol. The molecule has 2 unspecified atom stereocenters. The van der Waals surface area contributed by atoms with E-state index in [1.54, 1.807) is 30.3 Å². The number of nitriles is 1. The molecule has 0 bridgehead atoms. The van der Waals surface area contributed by atoms with Crippen LogP contribution in [0.3, 0.4) is 0 Å². The summed E-state index contributed by atoms with van der Waals surface area (Å²) in [5, 5.41) is 11.9. The molecule has 23 nitrogen and oxygen atoms in total. The zero-order valence-corrected chi connectivity index (χ0v) is 52.6. The first-order valence-corrected chi connectivity index (χ1v) is 36.4. The number of imidazole rings is 1. The molecule has 3 aliphatic rings. The fourth-order valence-corrected chi connectivity index (χ4v) is 25.3. The van der Waals surface area contributed by atoms with Gasteiger partial charge in [-0.05, 0) is 58.9 Å². The van der Waals surface area contributed by atoms with E-state index in [9.17, 15) is 24.3 Å². The Labute approximate surface area is 469 Å². The van der Waals surface area contributed by atoms with Crippen molar-refractivity contribution in [1.29, 1.82) is 5.26 Å². The number of nitrogens with zero attached hydrogens (tertiary/aromatic N) is 8. The van der Waals surface area contributed by atoms with Gasteiger partial charge in [0, 0.05) is 35.9 Å². The number of anilines is 1. The van der Waals surface area contributed by atoms with E-state index in [0.717, 1.165) is 0 Å². The Hall–Kier alpha value is -4.34. The fourth-order valence-electron chi connectivity index (χ4n) is 10.8. The molecule has 29 heteroatoms. The van der Waals surface area contributed by atoms with Crippen LogP contribution in [0.25, 0.3) is 22.2 Å². The molecule has 2 N–H and O–H groups in total. The number of halogens is 1. The summed E-state index contributed by atoms with van der Waals surface area (Å²) in [6.07, 6.45) is -2.36. The lowest BCUT2D eigenvalue weighted by molar-refractivity contribution is -0.0593. The molecule has 3 fully saturated rings. The van der Waals surface area contributed by atoms with Gasteiger partial charge in [0.1, 0.15) is 30.0 Å². The van der Waals surface area contributed by atoms with Crippen LogP contribution in [0.1, 0.15) is 112 Å². The number of phosphoric acid groups is 1. The van der Waals surface area contributed by atoms with Crippen molar-refractivity contribution in [3.8, 4) is 6.07 Å². The summed E-state index contributed by atoms with van der Waals surface area (Å²) in [5.74, 6) is -1.67. The lowest BCUT2D eigenvalue weighted by Gasteiger charge is -2.52. The number of amides is 1. The molecular formula is C51H75FN9O14P2Si3+. The van der Waals surface area contributed by atoms with Gasteiger partial charge in [0.25, 0.3) is 11.5 Å². The summed E-state index contributed by atoms with van der Waals surface area (Å²) in [4.78, 5) is 55.3. The van der Waals surface area contributed by atoms with Crippen molar-refractivity contribution in [3.63, 3.8) is 0 Å². The maximum Gasteiger partial charge on any atom is 0.695 e. The second-order valence-electron chi connectivity index (χ2n) is 23.5. The molecule has 1 amide bonds. The number of carbonyl (C=O) groups excluding carboxylic acids is 1. The molecule has 1 aromatic carbocycles. The summed E-state index contributed by atoms with van der Waals surface area (Å²) in [6.45, 7) is 25.6. The van der Waals surface area contributed by atoms with Crippen LogP contribution in [0.4, 0.5) is 10.2 Å². The number of aromatic nitrogens is 7. The summed E-state index contributed by atoms with van der Waals surface area (Å²) in [6, 6.07) is 9.59. The van der Waals surface area contributed by atoms with Gasteiger partial charge in [0.15, 0.2) is 49.1 Å². The molecule has 5 aromatic rings. The van der Waals surface area contributed by atoms with E-state index >= 15 is 8.96 Å². The zero-order valence-electron chi connectivity index (χ0n) is 47.8. The predicted molar refractivity (Wildman–Crippen MR) is 301 cm³/mol. The van der Waals surface area contributed by atoms with Crippen LogP contribution >= 0.6 is 16.1 Å². The number of carbonyl (C=O) groups is 1. The number of fused-ring (bicyclic) bond motifs is 3. The van der Waals surface area contributed by atoms with Gasteiger partial charge in [-0.25, -0.2) is 28.9 Å². The summed E-state index contributed by atoms with van der Waals surface area (Å²) in [7, 11) is -16.3. The van der Waals surface area contributed by atoms with Crippen LogP contribution in [0.15, 0.2) is 60.3 Å². The minimum Gasteiger partial charge on any atom is -0.414 e. The summed E-state index contributed by atoms with van der Waals surface area (Å²) in [5.41, 5.74) is -0.139. The Morgan fingerprint density at radius 1 is 0.963 bits per heavy atom. The third-order valence-corrected chi connectivity index (χ3v) is 32.7. The molecule has 1 saturated carbocycles. The van der Waals surface area contributed by atoms with Crippen LogP contribution in [-0.2, 0) is 56.4 Å². The third-order valence-electron chi connectivity index (χ3n) is 16.0. The van der Waals surface area contributed by atoms with E-state index in [4.69, 9.17) is 40.2 Å². The molecule has 6 heterocycles. The Morgan fingerprint density at radius 3 is 2.26 bits per heavy atom. The van der Waals surface area contributed by atoms with Gasteiger partial charge in [0.05, 0.1) is 50.5 Å². The van der Waals surface area contributed by atoms with E-state index in [2.05, 4.69) is 80.6 Å². The predicted octanol–water partition coefficient (Wildman–Crippen LogP) is 10.2. The van der Waals surface area contributed by atoms with Gasteiger partial charge in [0.2, 0.25) is 0 Å². The Bertz CT molecular complexity index is 3190. The first kappa shape index (κ1) is 61.7. The number of hydrogen-bond donors (Lipinski definition) is 2. The number of ether oxygens (including phenoxy) is 1. The molecule has 8 rings (SSSR count). The minimum atomic E-state index is -4.99. The number of hydrogen-bond acceptors (Lipinski definition) is 18. The van der Waals surface area contributed by atoms with Gasteiger partial charge >= 0.3 is 33.2 Å². The standard InChI is InChI=1S/C51H74FN9O14P2Si3/c1-30(2)79(31(3)4)69-25-35-23-37(60-24-36(52)39-46(60)57-28-59(12)49(39)63)42(41(35)74-80(75-79,32(5)6)33(7)8)72-77(66,67-22-18-21-53)68-26-38-43(71-76(64)65)44(73-78(13,14)51(9,10)11)50(70-38)61-29-56-40-45(54-27-55-47(40)61)58-48(62)34-19-16-15-17-20-34/h15-17,19-20,24,27-33,35,37-38,41-44,50H,18,22-23,25-26H2,1-14H3,(H-,54,55,58,62,64,65)/p+1/t35-,37-,38-,41-,42+,43-,44-,50-,77?/m1/s1. The molecule has 0 spiro atoms. The number of rotatable bonds is 20. The molecule has 1 aliphatic carbocycles. The number of benzene rings is 1. The number of phosphoric ester groups is 1. The Morgan fingerprint density at radius 2 is 1.64 bits per heavy atom.